The molecule has 2 aliphatic rings. The fraction of sp³-hybridized carbons (Fsp3) is 0.529. The normalized spacial score (nSPS) is 24.2. The van der Waals surface area contributed by atoms with Gasteiger partial charge in [-0.05, 0) is 42.9 Å². The zero-order valence-electron chi connectivity index (χ0n) is 12.5. The summed E-state index contributed by atoms with van der Waals surface area (Å²) in [5, 5.41) is 0. The maximum Gasteiger partial charge on any atom is 0.237 e. The average molecular weight is 304 g/mol. The van der Waals surface area contributed by atoms with Crippen molar-refractivity contribution in [2.24, 2.45) is 11.7 Å². The van der Waals surface area contributed by atoms with Crippen LogP contribution in [0.4, 0.5) is 4.39 Å². The quantitative estimate of drug-likeness (QED) is 0.906. The van der Waals surface area contributed by atoms with Gasteiger partial charge in [-0.25, -0.2) is 4.39 Å². The molecule has 2 amide bonds. The Morgan fingerprint density at radius 1 is 1.18 bits per heavy atom. The maximum absolute atomic E-state index is 13.0. The van der Waals surface area contributed by atoms with Gasteiger partial charge >= 0.3 is 0 Å². The Morgan fingerprint density at radius 2 is 1.82 bits per heavy atom. The molecule has 0 aromatic heterocycles. The molecule has 22 heavy (non-hydrogen) atoms. The Balaban J connectivity index is 1.69. The lowest BCUT2D eigenvalue weighted by Crippen LogP contribution is -2.45. The van der Waals surface area contributed by atoms with E-state index in [-0.39, 0.29) is 36.1 Å². The minimum absolute atomic E-state index is 0.0101. The fourth-order valence-corrected chi connectivity index (χ4v) is 3.53. The first-order valence-electron chi connectivity index (χ1n) is 7.90. The SMILES string of the molecule is NC(=O)CN(C(=O)[C@@H]1C[C@@H]1c1ccc(F)cc1)C1CCCC1. The van der Waals surface area contributed by atoms with Crippen LogP contribution in [0.5, 0.6) is 0 Å². The van der Waals surface area contributed by atoms with E-state index in [1.807, 2.05) is 0 Å². The molecule has 2 saturated carbocycles. The van der Waals surface area contributed by atoms with E-state index in [9.17, 15) is 14.0 Å². The lowest BCUT2D eigenvalue weighted by molar-refractivity contribution is -0.138. The Morgan fingerprint density at radius 3 is 2.41 bits per heavy atom. The molecular formula is C17H21FN2O2. The van der Waals surface area contributed by atoms with Crippen LogP contribution in [0.1, 0.15) is 43.6 Å². The lowest BCUT2D eigenvalue weighted by Gasteiger charge is -2.28. The van der Waals surface area contributed by atoms with Gasteiger partial charge in [0.25, 0.3) is 0 Å². The van der Waals surface area contributed by atoms with E-state index in [0.717, 1.165) is 37.7 Å². The molecule has 0 heterocycles. The molecule has 2 atom stereocenters. The van der Waals surface area contributed by atoms with Crippen molar-refractivity contribution in [3.05, 3.63) is 35.6 Å². The van der Waals surface area contributed by atoms with Crippen LogP contribution in [0, 0.1) is 11.7 Å². The molecule has 2 aliphatic carbocycles. The second-order valence-electron chi connectivity index (χ2n) is 6.37. The van der Waals surface area contributed by atoms with E-state index in [0.29, 0.717) is 0 Å². The van der Waals surface area contributed by atoms with Gasteiger partial charge in [0.15, 0.2) is 0 Å². The number of nitrogens with zero attached hydrogens (tertiary/aromatic N) is 1. The Bertz CT molecular complexity index is 567. The van der Waals surface area contributed by atoms with Gasteiger partial charge in [-0.2, -0.15) is 0 Å². The van der Waals surface area contributed by atoms with Gasteiger partial charge in [0.05, 0.1) is 6.54 Å². The molecule has 5 heteroatoms. The number of hydrogen-bond acceptors (Lipinski definition) is 2. The van der Waals surface area contributed by atoms with E-state index in [1.54, 1.807) is 17.0 Å². The molecule has 4 nitrogen and oxygen atoms in total. The van der Waals surface area contributed by atoms with Crippen molar-refractivity contribution in [1.29, 1.82) is 0 Å². The van der Waals surface area contributed by atoms with Crippen LogP contribution in [0.3, 0.4) is 0 Å². The monoisotopic (exact) mass is 304 g/mol. The molecule has 0 aliphatic heterocycles. The summed E-state index contributed by atoms with van der Waals surface area (Å²) < 4.78 is 13.0. The summed E-state index contributed by atoms with van der Waals surface area (Å²) in [5.41, 5.74) is 6.30. The van der Waals surface area contributed by atoms with Gasteiger partial charge in [0.1, 0.15) is 5.82 Å². The maximum atomic E-state index is 13.0. The van der Waals surface area contributed by atoms with E-state index < -0.39 is 5.91 Å². The predicted molar refractivity (Wildman–Crippen MR) is 80.4 cm³/mol. The Hall–Kier alpha value is -1.91. The minimum atomic E-state index is -0.459. The highest BCUT2D eigenvalue weighted by Gasteiger charge is 2.47. The molecule has 0 bridgehead atoms. The van der Waals surface area contributed by atoms with Gasteiger partial charge in [0.2, 0.25) is 11.8 Å². The molecular weight excluding hydrogens is 283 g/mol. The third kappa shape index (κ3) is 3.13. The zero-order valence-corrected chi connectivity index (χ0v) is 12.5. The van der Waals surface area contributed by atoms with Crippen LogP contribution >= 0.6 is 0 Å². The molecule has 1 aromatic carbocycles. The second-order valence-corrected chi connectivity index (χ2v) is 6.37. The molecule has 0 unspecified atom stereocenters. The zero-order chi connectivity index (χ0) is 15.7. The number of primary amides is 1. The van der Waals surface area contributed by atoms with Crippen molar-refractivity contribution < 1.29 is 14.0 Å². The van der Waals surface area contributed by atoms with E-state index in [4.69, 9.17) is 5.73 Å². The molecule has 118 valence electrons. The van der Waals surface area contributed by atoms with Crippen molar-refractivity contribution in [3.8, 4) is 0 Å². The number of amides is 2. The van der Waals surface area contributed by atoms with Crippen LogP contribution in [0.25, 0.3) is 0 Å². The third-order valence-electron chi connectivity index (χ3n) is 4.78. The topological polar surface area (TPSA) is 63.4 Å². The number of halogens is 1. The number of carbonyl (C=O) groups excluding carboxylic acids is 2. The predicted octanol–water partition coefficient (Wildman–Crippen LogP) is 2.19. The number of nitrogens with two attached hydrogens (primary N) is 1. The summed E-state index contributed by atoms with van der Waals surface area (Å²) >= 11 is 0. The Labute approximate surface area is 129 Å². The van der Waals surface area contributed by atoms with E-state index in [1.165, 1.54) is 12.1 Å². The van der Waals surface area contributed by atoms with Crippen molar-refractivity contribution in [1.82, 2.24) is 4.90 Å². The summed E-state index contributed by atoms with van der Waals surface area (Å²) in [6.07, 6.45) is 4.87. The first-order valence-corrected chi connectivity index (χ1v) is 7.90. The van der Waals surface area contributed by atoms with Crippen molar-refractivity contribution >= 4 is 11.8 Å². The molecule has 2 fully saturated rings. The smallest absolute Gasteiger partial charge is 0.237 e. The van der Waals surface area contributed by atoms with Crippen LogP contribution in [0.15, 0.2) is 24.3 Å². The molecule has 2 N–H and O–H groups in total. The largest absolute Gasteiger partial charge is 0.368 e. The first kappa shape index (κ1) is 15.0. The Kier molecular flexibility index (Phi) is 4.14. The van der Waals surface area contributed by atoms with Crippen molar-refractivity contribution in [2.45, 2.75) is 44.1 Å². The van der Waals surface area contributed by atoms with Crippen molar-refractivity contribution in [2.75, 3.05) is 6.54 Å². The highest BCUT2D eigenvalue weighted by atomic mass is 19.1. The van der Waals surface area contributed by atoms with Gasteiger partial charge in [-0.3, -0.25) is 9.59 Å². The van der Waals surface area contributed by atoms with E-state index >= 15 is 0 Å². The van der Waals surface area contributed by atoms with Gasteiger partial charge < -0.3 is 10.6 Å². The van der Waals surface area contributed by atoms with Gasteiger partial charge in [-0.1, -0.05) is 25.0 Å². The van der Waals surface area contributed by atoms with Crippen LogP contribution in [-0.2, 0) is 9.59 Å². The van der Waals surface area contributed by atoms with Crippen molar-refractivity contribution in [3.63, 3.8) is 0 Å². The standard InChI is InChI=1S/C17H21FN2O2/c18-12-7-5-11(6-8-12)14-9-15(14)17(22)20(10-16(19)21)13-3-1-2-4-13/h5-8,13-15H,1-4,9-10H2,(H2,19,21)/t14-,15-/m1/s1. The summed E-state index contributed by atoms with van der Waals surface area (Å²) in [4.78, 5) is 25.7. The van der Waals surface area contributed by atoms with Crippen LogP contribution < -0.4 is 5.73 Å². The summed E-state index contributed by atoms with van der Waals surface area (Å²) in [6.45, 7) is 0.0101. The summed E-state index contributed by atoms with van der Waals surface area (Å²) in [7, 11) is 0. The highest BCUT2D eigenvalue weighted by Crippen LogP contribution is 2.49. The fourth-order valence-electron chi connectivity index (χ4n) is 3.53. The number of benzene rings is 1. The van der Waals surface area contributed by atoms with E-state index in [2.05, 4.69) is 0 Å². The lowest BCUT2D eigenvalue weighted by atomic mass is 10.1. The average Bonchev–Trinajstić information content (AvgIpc) is 3.10. The van der Waals surface area contributed by atoms with Gasteiger partial charge in [0, 0.05) is 12.0 Å². The number of rotatable bonds is 5. The second kappa shape index (κ2) is 6.07. The molecule has 0 saturated heterocycles. The molecule has 0 radical (unpaired) electrons. The minimum Gasteiger partial charge on any atom is -0.368 e. The third-order valence-corrected chi connectivity index (χ3v) is 4.78. The van der Waals surface area contributed by atoms with Gasteiger partial charge in [-0.15, -0.1) is 0 Å². The molecule has 0 spiro atoms. The number of carbonyl (C=O) groups is 2. The molecule has 3 rings (SSSR count). The highest BCUT2D eigenvalue weighted by molar-refractivity contribution is 5.87. The summed E-state index contributed by atoms with van der Waals surface area (Å²) in [5.74, 6) is -0.650. The molecule has 1 aromatic rings. The number of hydrogen-bond donors (Lipinski definition) is 1. The summed E-state index contributed by atoms with van der Waals surface area (Å²) in [6, 6.07) is 6.47. The van der Waals surface area contributed by atoms with Crippen LogP contribution in [-0.4, -0.2) is 29.3 Å². The first-order chi connectivity index (χ1) is 10.6. The van der Waals surface area contributed by atoms with Crippen LogP contribution in [0.2, 0.25) is 0 Å².